The summed E-state index contributed by atoms with van der Waals surface area (Å²) in [4.78, 5) is 0. The Hall–Kier alpha value is -0.350. The van der Waals surface area contributed by atoms with Gasteiger partial charge in [0.1, 0.15) is 0 Å². The lowest BCUT2D eigenvalue weighted by Crippen LogP contribution is -2.50. The maximum absolute atomic E-state index is 5.23. The summed E-state index contributed by atoms with van der Waals surface area (Å²) >= 11 is 5.23. The van der Waals surface area contributed by atoms with Crippen LogP contribution in [0.3, 0.4) is 0 Å². The Bertz CT molecular complexity index is 222. The molecule has 0 bridgehead atoms. The molecule has 0 aromatic carbocycles. The first kappa shape index (κ1) is 15.7. The zero-order chi connectivity index (χ0) is 12.8. The number of methoxy groups -OCH3 is 1. The van der Waals surface area contributed by atoms with Crippen molar-refractivity contribution in [3.63, 3.8) is 0 Å². The quantitative estimate of drug-likeness (QED) is 0.576. The zero-order valence-electron chi connectivity index (χ0n) is 11.4. The van der Waals surface area contributed by atoms with Gasteiger partial charge in [0.25, 0.3) is 0 Å². The van der Waals surface area contributed by atoms with Gasteiger partial charge >= 0.3 is 0 Å². The lowest BCUT2D eigenvalue weighted by atomic mass is 9.82. The molecule has 0 aliphatic heterocycles. The fourth-order valence-corrected chi connectivity index (χ4v) is 2.37. The van der Waals surface area contributed by atoms with Crippen molar-refractivity contribution in [1.29, 1.82) is 0 Å². The van der Waals surface area contributed by atoms with Crippen LogP contribution in [0.15, 0.2) is 0 Å². The third kappa shape index (κ3) is 8.92. The lowest BCUT2D eigenvalue weighted by Gasteiger charge is -2.34. The second-order valence-corrected chi connectivity index (χ2v) is 6.40. The molecule has 0 saturated heterocycles. The average Bonchev–Trinajstić information content (AvgIpc) is 1.98. The van der Waals surface area contributed by atoms with Gasteiger partial charge in [-0.05, 0) is 37.9 Å². The van der Waals surface area contributed by atoms with E-state index in [1.54, 1.807) is 7.11 Å². The first-order chi connectivity index (χ1) is 7.16. The maximum Gasteiger partial charge on any atom is 0.166 e. The van der Waals surface area contributed by atoms with E-state index in [-0.39, 0.29) is 5.54 Å². The minimum absolute atomic E-state index is 0.00933. The van der Waals surface area contributed by atoms with Gasteiger partial charge in [-0.15, -0.1) is 0 Å². The molecule has 3 nitrogen and oxygen atoms in total. The van der Waals surface area contributed by atoms with E-state index in [2.05, 4.69) is 45.3 Å². The van der Waals surface area contributed by atoms with Gasteiger partial charge in [-0.25, -0.2) is 0 Å². The summed E-state index contributed by atoms with van der Waals surface area (Å²) in [5.41, 5.74) is 0.300. The molecule has 0 unspecified atom stereocenters. The first-order valence-corrected chi connectivity index (χ1v) is 6.12. The fourth-order valence-electron chi connectivity index (χ4n) is 1.99. The van der Waals surface area contributed by atoms with Crippen molar-refractivity contribution in [1.82, 2.24) is 10.6 Å². The van der Waals surface area contributed by atoms with E-state index in [1.807, 2.05) is 0 Å². The standard InChI is InChI=1S/C12H26N2OS/c1-11(2,3)9-12(4,5)14-10(16)13-7-8-15-6/h7-9H2,1-6H3,(H2,13,14,16). The zero-order valence-corrected chi connectivity index (χ0v) is 12.3. The summed E-state index contributed by atoms with van der Waals surface area (Å²) < 4.78 is 4.95. The van der Waals surface area contributed by atoms with Crippen molar-refractivity contribution >= 4 is 17.3 Å². The molecule has 4 heteroatoms. The maximum atomic E-state index is 5.23. The second kappa shape index (κ2) is 6.40. The van der Waals surface area contributed by atoms with Gasteiger partial charge in [-0.1, -0.05) is 20.8 Å². The van der Waals surface area contributed by atoms with Crippen molar-refractivity contribution in [3.8, 4) is 0 Å². The molecule has 0 rings (SSSR count). The number of thiocarbonyl (C=S) groups is 1. The Morgan fingerprint density at radius 1 is 1.19 bits per heavy atom. The van der Waals surface area contributed by atoms with Crippen molar-refractivity contribution in [2.24, 2.45) is 5.41 Å². The molecule has 0 aromatic rings. The topological polar surface area (TPSA) is 33.3 Å². The van der Waals surface area contributed by atoms with Crippen LogP contribution < -0.4 is 10.6 Å². The van der Waals surface area contributed by atoms with Gasteiger partial charge in [0, 0.05) is 19.2 Å². The van der Waals surface area contributed by atoms with Crippen LogP contribution >= 0.6 is 12.2 Å². The number of hydrogen-bond acceptors (Lipinski definition) is 2. The fraction of sp³-hybridized carbons (Fsp3) is 0.917. The van der Waals surface area contributed by atoms with Crippen LogP contribution in [0.4, 0.5) is 0 Å². The highest BCUT2D eigenvalue weighted by molar-refractivity contribution is 7.80. The smallest absolute Gasteiger partial charge is 0.166 e. The summed E-state index contributed by atoms with van der Waals surface area (Å²) in [5.74, 6) is 0. The normalized spacial score (nSPS) is 12.4. The van der Waals surface area contributed by atoms with E-state index in [0.717, 1.165) is 13.0 Å². The van der Waals surface area contributed by atoms with Crippen LogP contribution in [-0.4, -0.2) is 30.9 Å². The molecule has 0 fully saturated rings. The SMILES string of the molecule is COCCNC(=S)NC(C)(C)CC(C)(C)C. The van der Waals surface area contributed by atoms with E-state index in [1.165, 1.54) is 0 Å². The molecule has 2 N–H and O–H groups in total. The highest BCUT2D eigenvalue weighted by atomic mass is 32.1. The molecule has 0 radical (unpaired) electrons. The Morgan fingerprint density at radius 2 is 1.75 bits per heavy atom. The minimum Gasteiger partial charge on any atom is -0.383 e. The van der Waals surface area contributed by atoms with Crippen molar-refractivity contribution in [2.75, 3.05) is 20.3 Å². The average molecular weight is 246 g/mol. The van der Waals surface area contributed by atoms with E-state index in [0.29, 0.717) is 17.1 Å². The van der Waals surface area contributed by atoms with E-state index in [9.17, 15) is 0 Å². The molecule has 0 amide bonds. The Balaban J connectivity index is 4.00. The monoisotopic (exact) mass is 246 g/mol. The molecule has 0 aliphatic carbocycles. The van der Waals surface area contributed by atoms with Crippen molar-refractivity contribution in [2.45, 2.75) is 46.6 Å². The Morgan fingerprint density at radius 3 is 2.19 bits per heavy atom. The van der Waals surface area contributed by atoms with Gasteiger partial charge in [-0.2, -0.15) is 0 Å². The van der Waals surface area contributed by atoms with Crippen LogP contribution in [0.2, 0.25) is 0 Å². The largest absolute Gasteiger partial charge is 0.383 e. The van der Waals surface area contributed by atoms with Crippen molar-refractivity contribution in [3.05, 3.63) is 0 Å². The number of nitrogens with one attached hydrogen (secondary N) is 2. The van der Waals surface area contributed by atoms with Crippen LogP contribution in [0.5, 0.6) is 0 Å². The second-order valence-electron chi connectivity index (χ2n) is 6.00. The molecule has 0 aromatic heterocycles. The van der Waals surface area contributed by atoms with Gasteiger partial charge < -0.3 is 15.4 Å². The summed E-state index contributed by atoms with van der Waals surface area (Å²) in [6, 6.07) is 0. The molecule has 96 valence electrons. The van der Waals surface area contributed by atoms with E-state index in [4.69, 9.17) is 17.0 Å². The minimum atomic E-state index is 0.00933. The molecular weight excluding hydrogens is 220 g/mol. The molecule has 0 spiro atoms. The van der Waals surface area contributed by atoms with Crippen LogP contribution in [0.25, 0.3) is 0 Å². The molecule has 16 heavy (non-hydrogen) atoms. The predicted octanol–water partition coefficient (Wildman–Crippen LogP) is 2.31. The number of hydrogen-bond donors (Lipinski definition) is 2. The summed E-state index contributed by atoms with van der Waals surface area (Å²) in [5, 5.41) is 7.16. The molecule has 0 saturated carbocycles. The molecular formula is C12H26N2OS. The van der Waals surface area contributed by atoms with Crippen LogP contribution in [-0.2, 0) is 4.74 Å². The van der Waals surface area contributed by atoms with Gasteiger partial charge in [0.15, 0.2) is 5.11 Å². The van der Waals surface area contributed by atoms with E-state index < -0.39 is 0 Å². The van der Waals surface area contributed by atoms with Crippen molar-refractivity contribution < 1.29 is 4.74 Å². The van der Waals surface area contributed by atoms with E-state index >= 15 is 0 Å². The summed E-state index contributed by atoms with van der Waals surface area (Å²) in [6.45, 7) is 12.5. The predicted molar refractivity (Wildman–Crippen MR) is 73.8 cm³/mol. The molecule has 0 aliphatic rings. The lowest BCUT2D eigenvalue weighted by molar-refractivity contribution is 0.203. The highest BCUT2D eigenvalue weighted by Crippen LogP contribution is 2.26. The van der Waals surface area contributed by atoms with Crippen LogP contribution in [0.1, 0.15) is 41.0 Å². The van der Waals surface area contributed by atoms with Crippen LogP contribution in [0, 0.1) is 5.41 Å². The molecule has 0 atom stereocenters. The van der Waals surface area contributed by atoms with Gasteiger partial charge in [-0.3, -0.25) is 0 Å². The number of ether oxygens (including phenoxy) is 1. The highest BCUT2D eigenvalue weighted by Gasteiger charge is 2.25. The first-order valence-electron chi connectivity index (χ1n) is 5.71. The van der Waals surface area contributed by atoms with Gasteiger partial charge in [0.05, 0.1) is 6.61 Å². The molecule has 0 heterocycles. The third-order valence-corrected chi connectivity index (χ3v) is 2.26. The summed E-state index contributed by atoms with van der Waals surface area (Å²) in [7, 11) is 1.68. The Kier molecular flexibility index (Phi) is 6.26. The Labute approximate surface area is 105 Å². The third-order valence-electron chi connectivity index (χ3n) is 2.02. The number of rotatable bonds is 5. The van der Waals surface area contributed by atoms with Gasteiger partial charge in [0.2, 0.25) is 0 Å². The summed E-state index contributed by atoms with van der Waals surface area (Å²) in [6.07, 6.45) is 1.06.